The van der Waals surface area contributed by atoms with Crippen LogP contribution in [0.2, 0.25) is 0 Å². The van der Waals surface area contributed by atoms with Crippen LogP contribution < -0.4 is 11.1 Å². The first-order valence-electron chi connectivity index (χ1n) is 7.24. The van der Waals surface area contributed by atoms with E-state index in [-0.39, 0.29) is 23.9 Å². The van der Waals surface area contributed by atoms with Gasteiger partial charge in [0.05, 0.1) is 18.6 Å². The lowest BCUT2D eigenvalue weighted by Gasteiger charge is -2.24. The summed E-state index contributed by atoms with van der Waals surface area (Å²) in [7, 11) is 1.67. The Morgan fingerprint density at radius 1 is 1.39 bits per heavy atom. The molecule has 1 saturated carbocycles. The van der Waals surface area contributed by atoms with E-state index >= 15 is 0 Å². The number of carbonyl (C=O) groups is 1. The topological polar surface area (TPSA) is 64.3 Å². The molecule has 106 valence electrons. The predicted molar refractivity (Wildman–Crippen MR) is 73.3 cm³/mol. The van der Waals surface area contributed by atoms with E-state index in [0.717, 1.165) is 38.5 Å². The zero-order valence-electron chi connectivity index (χ0n) is 11.8. The van der Waals surface area contributed by atoms with Gasteiger partial charge in [0, 0.05) is 13.2 Å². The van der Waals surface area contributed by atoms with Crippen molar-refractivity contribution in [3.63, 3.8) is 0 Å². The summed E-state index contributed by atoms with van der Waals surface area (Å²) in [6, 6.07) is 0.153. The zero-order valence-corrected chi connectivity index (χ0v) is 11.8. The molecule has 18 heavy (non-hydrogen) atoms. The van der Waals surface area contributed by atoms with E-state index in [1.54, 1.807) is 7.11 Å². The van der Waals surface area contributed by atoms with E-state index in [1.165, 1.54) is 6.42 Å². The fourth-order valence-electron chi connectivity index (χ4n) is 2.72. The molecule has 1 aliphatic rings. The second-order valence-electron chi connectivity index (χ2n) is 5.36. The second kappa shape index (κ2) is 8.48. The maximum atomic E-state index is 12.3. The Balaban J connectivity index is 2.49. The van der Waals surface area contributed by atoms with Crippen molar-refractivity contribution >= 4 is 5.91 Å². The average Bonchev–Trinajstić information content (AvgIpc) is 2.54. The maximum Gasteiger partial charge on any atom is 0.224 e. The van der Waals surface area contributed by atoms with Crippen LogP contribution in [0.4, 0.5) is 0 Å². The van der Waals surface area contributed by atoms with Gasteiger partial charge >= 0.3 is 0 Å². The van der Waals surface area contributed by atoms with Crippen LogP contribution in [0.25, 0.3) is 0 Å². The molecule has 0 aromatic heterocycles. The number of rotatable bonds is 6. The summed E-state index contributed by atoms with van der Waals surface area (Å²) >= 11 is 0. The minimum Gasteiger partial charge on any atom is -0.383 e. The average molecular weight is 256 g/mol. The van der Waals surface area contributed by atoms with Gasteiger partial charge in [-0.25, -0.2) is 0 Å². The summed E-state index contributed by atoms with van der Waals surface area (Å²) in [5, 5.41) is 3.10. The zero-order chi connectivity index (χ0) is 13.4. The molecule has 4 heteroatoms. The molecule has 1 amide bonds. The highest BCUT2D eigenvalue weighted by molar-refractivity contribution is 5.79. The van der Waals surface area contributed by atoms with Crippen LogP contribution >= 0.6 is 0 Å². The van der Waals surface area contributed by atoms with Gasteiger partial charge in [-0.2, -0.15) is 0 Å². The standard InChI is InChI=1S/C14H28N2O2/c1-3-7-11(10-18-2)16-14(17)12-8-5-4-6-9-13(12)15/h11-13H,3-10,15H2,1-2H3,(H,16,17). The highest BCUT2D eigenvalue weighted by Gasteiger charge is 2.28. The molecule has 0 aliphatic heterocycles. The first-order valence-corrected chi connectivity index (χ1v) is 7.24. The number of nitrogens with one attached hydrogen (secondary N) is 1. The van der Waals surface area contributed by atoms with Gasteiger partial charge in [-0.1, -0.05) is 32.6 Å². The van der Waals surface area contributed by atoms with Gasteiger partial charge in [-0.05, 0) is 19.3 Å². The largest absolute Gasteiger partial charge is 0.383 e. The smallest absolute Gasteiger partial charge is 0.224 e. The Kier molecular flexibility index (Phi) is 7.28. The molecular formula is C14H28N2O2. The number of methoxy groups -OCH3 is 1. The molecule has 1 aliphatic carbocycles. The Morgan fingerprint density at radius 2 is 2.11 bits per heavy atom. The Labute approximate surface area is 111 Å². The van der Waals surface area contributed by atoms with E-state index in [4.69, 9.17) is 10.5 Å². The van der Waals surface area contributed by atoms with Crippen LogP contribution in [0.15, 0.2) is 0 Å². The molecule has 0 radical (unpaired) electrons. The van der Waals surface area contributed by atoms with Crippen LogP contribution in [0.3, 0.4) is 0 Å². The molecule has 0 bridgehead atoms. The summed E-state index contributed by atoms with van der Waals surface area (Å²) in [5.74, 6) is 0.114. The molecule has 0 aromatic rings. The molecule has 3 atom stereocenters. The molecule has 3 unspecified atom stereocenters. The number of ether oxygens (including phenoxy) is 1. The van der Waals surface area contributed by atoms with Crippen molar-refractivity contribution in [2.45, 2.75) is 64.0 Å². The van der Waals surface area contributed by atoms with E-state index in [0.29, 0.717) is 6.61 Å². The number of carbonyl (C=O) groups excluding carboxylic acids is 1. The normalized spacial score (nSPS) is 26.4. The van der Waals surface area contributed by atoms with Gasteiger partial charge in [0.2, 0.25) is 5.91 Å². The monoisotopic (exact) mass is 256 g/mol. The van der Waals surface area contributed by atoms with Gasteiger partial charge in [-0.3, -0.25) is 4.79 Å². The Hall–Kier alpha value is -0.610. The minimum atomic E-state index is -0.0105. The van der Waals surface area contributed by atoms with Crippen molar-refractivity contribution in [3.8, 4) is 0 Å². The van der Waals surface area contributed by atoms with E-state index in [1.807, 2.05) is 0 Å². The first kappa shape index (κ1) is 15.4. The van der Waals surface area contributed by atoms with E-state index in [9.17, 15) is 4.79 Å². The van der Waals surface area contributed by atoms with Crippen molar-refractivity contribution in [3.05, 3.63) is 0 Å². The Morgan fingerprint density at radius 3 is 2.78 bits per heavy atom. The molecule has 0 heterocycles. The molecular weight excluding hydrogens is 228 g/mol. The van der Waals surface area contributed by atoms with Gasteiger partial charge in [0.1, 0.15) is 0 Å². The SMILES string of the molecule is CCCC(COC)NC(=O)C1CCCCCC1N. The lowest BCUT2D eigenvalue weighted by Crippen LogP contribution is -2.46. The van der Waals surface area contributed by atoms with Crippen molar-refractivity contribution in [1.82, 2.24) is 5.32 Å². The second-order valence-corrected chi connectivity index (χ2v) is 5.36. The van der Waals surface area contributed by atoms with E-state index < -0.39 is 0 Å². The number of amides is 1. The number of hydrogen-bond acceptors (Lipinski definition) is 3. The highest BCUT2D eigenvalue weighted by atomic mass is 16.5. The molecule has 3 N–H and O–H groups in total. The third-order valence-corrected chi connectivity index (χ3v) is 3.76. The molecule has 0 aromatic carbocycles. The fraction of sp³-hybridized carbons (Fsp3) is 0.929. The molecule has 1 rings (SSSR count). The van der Waals surface area contributed by atoms with Gasteiger partial charge in [-0.15, -0.1) is 0 Å². The molecule has 0 saturated heterocycles. The van der Waals surface area contributed by atoms with Crippen LogP contribution in [-0.4, -0.2) is 31.7 Å². The lowest BCUT2D eigenvalue weighted by molar-refractivity contribution is -0.127. The predicted octanol–water partition coefficient (Wildman–Crippen LogP) is 1.83. The summed E-state index contributed by atoms with van der Waals surface area (Å²) in [5.41, 5.74) is 6.11. The third-order valence-electron chi connectivity index (χ3n) is 3.76. The van der Waals surface area contributed by atoms with Gasteiger partial charge in [0.25, 0.3) is 0 Å². The highest BCUT2D eigenvalue weighted by Crippen LogP contribution is 2.22. The maximum absolute atomic E-state index is 12.3. The first-order chi connectivity index (χ1) is 8.69. The lowest BCUT2D eigenvalue weighted by atomic mass is 9.94. The fourth-order valence-corrected chi connectivity index (χ4v) is 2.72. The number of nitrogens with two attached hydrogens (primary N) is 1. The van der Waals surface area contributed by atoms with Crippen molar-refractivity contribution in [2.24, 2.45) is 11.7 Å². The third kappa shape index (κ3) is 4.94. The summed E-state index contributed by atoms with van der Waals surface area (Å²) in [6.07, 6.45) is 7.38. The van der Waals surface area contributed by atoms with E-state index in [2.05, 4.69) is 12.2 Å². The molecule has 1 fully saturated rings. The van der Waals surface area contributed by atoms with Crippen LogP contribution in [0.5, 0.6) is 0 Å². The van der Waals surface area contributed by atoms with Gasteiger partial charge < -0.3 is 15.8 Å². The number of hydrogen-bond donors (Lipinski definition) is 2. The van der Waals surface area contributed by atoms with Crippen molar-refractivity contribution in [2.75, 3.05) is 13.7 Å². The van der Waals surface area contributed by atoms with Crippen molar-refractivity contribution < 1.29 is 9.53 Å². The Bertz CT molecular complexity index is 240. The van der Waals surface area contributed by atoms with Gasteiger partial charge in [0.15, 0.2) is 0 Å². The van der Waals surface area contributed by atoms with Crippen LogP contribution in [0, 0.1) is 5.92 Å². The summed E-state index contributed by atoms with van der Waals surface area (Å²) < 4.78 is 5.15. The molecule has 4 nitrogen and oxygen atoms in total. The minimum absolute atomic E-state index is 0.0105. The van der Waals surface area contributed by atoms with Crippen LogP contribution in [-0.2, 0) is 9.53 Å². The summed E-state index contributed by atoms with van der Waals surface area (Å²) in [4.78, 5) is 12.3. The quantitative estimate of drug-likeness (QED) is 0.713. The van der Waals surface area contributed by atoms with Crippen molar-refractivity contribution in [1.29, 1.82) is 0 Å². The molecule has 0 spiro atoms. The summed E-state index contributed by atoms with van der Waals surface area (Å²) in [6.45, 7) is 2.70. The van der Waals surface area contributed by atoms with Crippen LogP contribution in [0.1, 0.15) is 51.9 Å².